The first-order valence-corrected chi connectivity index (χ1v) is 4.69. The van der Waals surface area contributed by atoms with Crippen molar-refractivity contribution in [3.63, 3.8) is 0 Å². The Hall–Kier alpha value is -0.530. The SMILES string of the molecule is CC1(C)O[C@@H]([C@H](O)[C@H](O)CO)[C@H](C=O)O1. The first-order chi connectivity index (χ1) is 6.91. The smallest absolute Gasteiger partial charge is 0.164 e. The van der Waals surface area contributed by atoms with Crippen molar-refractivity contribution >= 4 is 6.29 Å². The summed E-state index contributed by atoms with van der Waals surface area (Å²) in [6.45, 7) is 2.59. The molecular formula is C9H16O6. The van der Waals surface area contributed by atoms with Crippen LogP contribution in [0.2, 0.25) is 0 Å². The molecule has 6 nitrogen and oxygen atoms in total. The summed E-state index contributed by atoms with van der Waals surface area (Å²) in [5, 5.41) is 27.5. The normalized spacial score (nSPS) is 33.7. The van der Waals surface area contributed by atoms with Crippen LogP contribution in [0.3, 0.4) is 0 Å². The lowest BCUT2D eigenvalue weighted by Crippen LogP contribution is -2.45. The van der Waals surface area contributed by atoms with E-state index in [1.807, 2.05) is 0 Å². The molecule has 6 heteroatoms. The van der Waals surface area contributed by atoms with Crippen molar-refractivity contribution in [2.45, 2.75) is 44.1 Å². The Kier molecular flexibility index (Phi) is 3.80. The van der Waals surface area contributed by atoms with E-state index in [0.717, 1.165) is 0 Å². The fraction of sp³-hybridized carbons (Fsp3) is 0.889. The maximum absolute atomic E-state index is 10.7. The third-order valence-corrected chi connectivity index (χ3v) is 2.22. The minimum Gasteiger partial charge on any atom is -0.394 e. The molecule has 0 unspecified atom stereocenters. The molecule has 1 saturated heterocycles. The number of aldehydes is 1. The van der Waals surface area contributed by atoms with E-state index in [4.69, 9.17) is 14.6 Å². The number of aliphatic hydroxyl groups excluding tert-OH is 3. The minimum atomic E-state index is -1.35. The van der Waals surface area contributed by atoms with Crippen molar-refractivity contribution in [1.29, 1.82) is 0 Å². The zero-order chi connectivity index (χ0) is 11.6. The first kappa shape index (κ1) is 12.5. The molecule has 1 rings (SSSR count). The molecule has 4 atom stereocenters. The van der Waals surface area contributed by atoms with Gasteiger partial charge >= 0.3 is 0 Å². The predicted octanol–water partition coefficient (Wildman–Crippen LogP) is -1.58. The first-order valence-electron chi connectivity index (χ1n) is 4.69. The Balaban J connectivity index is 2.72. The molecule has 0 bridgehead atoms. The number of carbonyl (C=O) groups is 1. The van der Waals surface area contributed by atoms with Crippen LogP contribution in [0.15, 0.2) is 0 Å². The van der Waals surface area contributed by atoms with Gasteiger partial charge in [-0.05, 0) is 13.8 Å². The van der Waals surface area contributed by atoms with Crippen molar-refractivity contribution in [1.82, 2.24) is 0 Å². The van der Waals surface area contributed by atoms with E-state index in [1.165, 1.54) is 0 Å². The van der Waals surface area contributed by atoms with E-state index in [1.54, 1.807) is 13.8 Å². The molecule has 0 radical (unpaired) electrons. The molecule has 88 valence electrons. The van der Waals surface area contributed by atoms with Crippen molar-refractivity contribution in [3.05, 3.63) is 0 Å². The third-order valence-electron chi connectivity index (χ3n) is 2.22. The van der Waals surface area contributed by atoms with Crippen LogP contribution in [0, 0.1) is 0 Å². The lowest BCUT2D eigenvalue weighted by Gasteiger charge is -2.23. The summed E-state index contributed by atoms with van der Waals surface area (Å²) in [6, 6.07) is 0. The van der Waals surface area contributed by atoms with Crippen molar-refractivity contribution in [3.8, 4) is 0 Å². The number of hydrogen-bond donors (Lipinski definition) is 3. The zero-order valence-electron chi connectivity index (χ0n) is 8.66. The third kappa shape index (κ3) is 2.73. The standard InChI is InChI=1S/C9H16O6/c1-9(2)14-6(4-11)8(15-9)7(13)5(12)3-10/h4-8,10,12-13H,3H2,1-2H3/t5-,6+,7-,8-/m1/s1. The molecule has 0 aromatic rings. The molecule has 1 aliphatic rings. The average molecular weight is 220 g/mol. The van der Waals surface area contributed by atoms with Crippen molar-refractivity contribution < 1.29 is 29.6 Å². The van der Waals surface area contributed by atoms with Gasteiger partial charge in [0.15, 0.2) is 12.1 Å². The molecule has 1 fully saturated rings. The summed E-state index contributed by atoms with van der Waals surface area (Å²) < 4.78 is 10.4. The van der Waals surface area contributed by atoms with Gasteiger partial charge < -0.3 is 29.6 Å². The molecule has 15 heavy (non-hydrogen) atoms. The number of aliphatic hydroxyl groups is 3. The summed E-state index contributed by atoms with van der Waals surface area (Å²) >= 11 is 0. The summed E-state index contributed by atoms with van der Waals surface area (Å²) in [5.74, 6) is -0.980. The number of carbonyl (C=O) groups excluding carboxylic acids is 1. The van der Waals surface area contributed by atoms with Gasteiger partial charge in [-0.3, -0.25) is 0 Å². The molecular weight excluding hydrogens is 204 g/mol. The quantitative estimate of drug-likeness (QED) is 0.495. The van der Waals surface area contributed by atoms with Crippen LogP contribution in [-0.2, 0) is 14.3 Å². The monoisotopic (exact) mass is 220 g/mol. The minimum absolute atomic E-state index is 0.507. The Bertz CT molecular complexity index is 229. The Morgan fingerprint density at radius 2 is 2.00 bits per heavy atom. The van der Waals surface area contributed by atoms with E-state index < -0.39 is 36.8 Å². The highest BCUT2D eigenvalue weighted by atomic mass is 16.8. The van der Waals surface area contributed by atoms with E-state index in [2.05, 4.69) is 0 Å². The average Bonchev–Trinajstić information content (AvgIpc) is 2.51. The largest absolute Gasteiger partial charge is 0.394 e. The van der Waals surface area contributed by atoms with Crippen LogP contribution in [0.1, 0.15) is 13.8 Å². The molecule has 1 aliphatic heterocycles. The van der Waals surface area contributed by atoms with Gasteiger partial charge in [-0.25, -0.2) is 0 Å². The number of ether oxygens (including phenoxy) is 2. The Labute approximate surface area is 87.4 Å². The molecule has 0 amide bonds. The van der Waals surface area contributed by atoms with Gasteiger partial charge in [0, 0.05) is 0 Å². The second-order valence-electron chi connectivity index (χ2n) is 3.94. The lowest BCUT2D eigenvalue weighted by molar-refractivity contribution is -0.164. The van der Waals surface area contributed by atoms with Crippen LogP contribution >= 0.6 is 0 Å². The van der Waals surface area contributed by atoms with Gasteiger partial charge in [0.1, 0.15) is 24.4 Å². The topological polar surface area (TPSA) is 96.2 Å². The maximum atomic E-state index is 10.7. The number of hydrogen-bond acceptors (Lipinski definition) is 6. The van der Waals surface area contributed by atoms with Crippen LogP contribution in [0.5, 0.6) is 0 Å². The molecule has 1 heterocycles. The zero-order valence-corrected chi connectivity index (χ0v) is 8.66. The predicted molar refractivity (Wildman–Crippen MR) is 49.0 cm³/mol. The van der Waals surface area contributed by atoms with Crippen LogP contribution in [0.25, 0.3) is 0 Å². The second kappa shape index (κ2) is 4.54. The highest BCUT2D eigenvalue weighted by Crippen LogP contribution is 2.29. The van der Waals surface area contributed by atoms with Gasteiger partial charge in [-0.15, -0.1) is 0 Å². The fourth-order valence-electron chi connectivity index (χ4n) is 1.51. The van der Waals surface area contributed by atoms with Crippen LogP contribution < -0.4 is 0 Å². The highest BCUT2D eigenvalue weighted by Gasteiger charge is 2.46. The van der Waals surface area contributed by atoms with Gasteiger partial charge in [0.05, 0.1) is 6.61 Å². The van der Waals surface area contributed by atoms with Crippen molar-refractivity contribution in [2.24, 2.45) is 0 Å². The van der Waals surface area contributed by atoms with E-state index in [0.29, 0.717) is 6.29 Å². The Morgan fingerprint density at radius 3 is 2.47 bits per heavy atom. The fourth-order valence-corrected chi connectivity index (χ4v) is 1.51. The molecule has 0 saturated carbocycles. The van der Waals surface area contributed by atoms with Gasteiger partial charge in [0.2, 0.25) is 0 Å². The molecule has 0 aromatic heterocycles. The molecule has 3 N–H and O–H groups in total. The van der Waals surface area contributed by atoms with E-state index in [9.17, 15) is 15.0 Å². The highest BCUT2D eigenvalue weighted by molar-refractivity contribution is 5.58. The van der Waals surface area contributed by atoms with Gasteiger partial charge in [0.25, 0.3) is 0 Å². The molecule has 0 aromatic carbocycles. The Morgan fingerprint density at radius 1 is 1.40 bits per heavy atom. The van der Waals surface area contributed by atoms with Gasteiger partial charge in [-0.2, -0.15) is 0 Å². The summed E-state index contributed by atoms with van der Waals surface area (Å²) in [4.78, 5) is 10.7. The van der Waals surface area contributed by atoms with Crippen molar-refractivity contribution in [2.75, 3.05) is 6.61 Å². The van der Waals surface area contributed by atoms with E-state index in [-0.39, 0.29) is 0 Å². The number of rotatable bonds is 4. The van der Waals surface area contributed by atoms with Crippen LogP contribution in [-0.4, -0.2) is 58.4 Å². The summed E-state index contributed by atoms with van der Waals surface area (Å²) in [6.07, 6.45) is -4.09. The summed E-state index contributed by atoms with van der Waals surface area (Å²) in [7, 11) is 0. The maximum Gasteiger partial charge on any atom is 0.164 e. The van der Waals surface area contributed by atoms with E-state index >= 15 is 0 Å². The molecule has 0 spiro atoms. The van der Waals surface area contributed by atoms with Gasteiger partial charge in [-0.1, -0.05) is 0 Å². The lowest BCUT2D eigenvalue weighted by atomic mass is 10.0. The summed E-state index contributed by atoms with van der Waals surface area (Å²) in [5.41, 5.74) is 0. The second-order valence-corrected chi connectivity index (χ2v) is 3.94. The molecule has 0 aliphatic carbocycles. The van der Waals surface area contributed by atoms with Crippen LogP contribution in [0.4, 0.5) is 0 Å².